The van der Waals surface area contributed by atoms with Gasteiger partial charge in [0.2, 0.25) is 0 Å². The highest BCUT2D eigenvalue weighted by atomic mass is 35.5. The van der Waals surface area contributed by atoms with Crippen molar-refractivity contribution in [1.29, 1.82) is 0 Å². The van der Waals surface area contributed by atoms with Crippen molar-refractivity contribution in [3.05, 3.63) is 58.8 Å². The van der Waals surface area contributed by atoms with Gasteiger partial charge in [-0.25, -0.2) is 4.39 Å². The zero-order chi connectivity index (χ0) is 16.1. The Labute approximate surface area is 141 Å². The van der Waals surface area contributed by atoms with Crippen molar-refractivity contribution in [3.63, 3.8) is 0 Å². The molecule has 3 nitrogen and oxygen atoms in total. The molecule has 1 aliphatic rings. The number of hydrogen-bond acceptors (Lipinski definition) is 3. The summed E-state index contributed by atoms with van der Waals surface area (Å²) in [6.45, 7) is 3.27. The van der Waals surface area contributed by atoms with Gasteiger partial charge in [-0.15, -0.1) is 0 Å². The summed E-state index contributed by atoms with van der Waals surface area (Å²) in [6, 6.07) is 8.89. The monoisotopic (exact) mass is 336 g/mol. The van der Waals surface area contributed by atoms with Crippen LogP contribution in [-0.4, -0.2) is 24.5 Å². The second-order valence-electron chi connectivity index (χ2n) is 5.96. The highest BCUT2D eigenvalue weighted by molar-refractivity contribution is 6.31. The Morgan fingerprint density at radius 1 is 1.17 bits per heavy atom. The Balaban J connectivity index is 1.65. The molecule has 0 aliphatic carbocycles. The number of rotatable bonds is 6. The molecular formula is C18H22ClFN2O. The van der Waals surface area contributed by atoms with E-state index in [0.29, 0.717) is 23.7 Å². The van der Waals surface area contributed by atoms with Gasteiger partial charge in [0.1, 0.15) is 11.6 Å². The van der Waals surface area contributed by atoms with Gasteiger partial charge in [0, 0.05) is 23.7 Å². The molecule has 5 heteroatoms. The fourth-order valence-corrected chi connectivity index (χ4v) is 3.39. The third-order valence-corrected chi connectivity index (χ3v) is 4.76. The van der Waals surface area contributed by atoms with Crippen LogP contribution < -0.4 is 5.32 Å². The first kappa shape index (κ1) is 16.5. The minimum Gasteiger partial charge on any atom is -0.468 e. The van der Waals surface area contributed by atoms with Gasteiger partial charge in [0.05, 0.1) is 12.3 Å². The van der Waals surface area contributed by atoms with Crippen molar-refractivity contribution in [2.75, 3.05) is 19.6 Å². The molecule has 0 amide bonds. The number of nitrogens with one attached hydrogen (secondary N) is 1. The molecule has 2 aromatic rings. The molecule has 23 heavy (non-hydrogen) atoms. The van der Waals surface area contributed by atoms with Gasteiger partial charge >= 0.3 is 0 Å². The second kappa shape index (κ2) is 7.95. The fraction of sp³-hybridized carbons (Fsp3) is 0.444. The predicted molar refractivity (Wildman–Crippen MR) is 90.0 cm³/mol. The number of furan rings is 1. The van der Waals surface area contributed by atoms with E-state index in [1.807, 2.05) is 12.1 Å². The zero-order valence-corrected chi connectivity index (χ0v) is 13.9. The highest BCUT2D eigenvalue weighted by Crippen LogP contribution is 2.25. The van der Waals surface area contributed by atoms with Crippen LogP contribution in [0.25, 0.3) is 0 Å². The third-order valence-electron chi connectivity index (χ3n) is 4.40. The Hall–Kier alpha value is -1.36. The normalized spacial score (nSPS) is 17.3. The lowest BCUT2D eigenvalue weighted by atomic mass is 10.1. The van der Waals surface area contributed by atoms with Crippen LogP contribution in [-0.2, 0) is 6.54 Å². The van der Waals surface area contributed by atoms with Crippen LogP contribution in [0.15, 0.2) is 41.0 Å². The first-order valence-corrected chi connectivity index (χ1v) is 8.54. The molecule has 1 aliphatic heterocycles. The first-order chi connectivity index (χ1) is 11.3. The van der Waals surface area contributed by atoms with E-state index in [1.54, 1.807) is 18.4 Å². The number of benzene rings is 1. The van der Waals surface area contributed by atoms with Crippen LogP contribution >= 0.6 is 11.6 Å². The van der Waals surface area contributed by atoms with Crippen LogP contribution in [0.5, 0.6) is 0 Å². The van der Waals surface area contributed by atoms with E-state index in [9.17, 15) is 4.39 Å². The van der Waals surface area contributed by atoms with Crippen LogP contribution in [0.4, 0.5) is 4.39 Å². The Bertz CT molecular complexity index is 591. The van der Waals surface area contributed by atoms with Crippen LogP contribution in [0.2, 0.25) is 5.02 Å². The number of likely N-dealkylation sites (tertiary alicyclic amines) is 1. The van der Waals surface area contributed by atoms with E-state index >= 15 is 0 Å². The smallest absolute Gasteiger partial charge is 0.129 e. The van der Waals surface area contributed by atoms with Gasteiger partial charge in [0.25, 0.3) is 0 Å². The molecule has 1 unspecified atom stereocenters. The molecule has 0 spiro atoms. The average Bonchev–Trinajstić information content (AvgIpc) is 3.09. The second-order valence-corrected chi connectivity index (χ2v) is 6.37. The predicted octanol–water partition coefficient (Wildman–Crippen LogP) is 4.39. The Kier molecular flexibility index (Phi) is 5.70. The van der Waals surface area contributed by atoms with Crippen molar-refractivity contribution >= 4 is 11.6 Å². The number of piperidine rings is 1. The summed E-state index contributed by atoms with van der Waals surface area (Å²) in [6.07, 6.45) is 5.44. The topological polar surface area (TPSA) is 28.4 Å². The molecule has 1 atom stereocenters. The maximum absolute atomic E-state index is 13.8. The van der Waals surface area contributed by atoms with Crippen LogP contribution in [0.3, 0.4) is 0 Å². The van der Waals surface area contributed by atoms with E-state index in [1.165, 1.54) is 25.3 Å². The lowest BCUT2D eigenvalue weighted by Crippen LogP contribution is -2.38. The first-order valence-electron chi connectivity index (χ1n) is 8.17. The van der Waals surface area contributed by atoms with Crippen molar-refractivity contribution in [2.24, 2.45) is 0 Å². The van der Waals surface area contributed by atoms with Gasteiger partial charge in [-0.3, -0.25) is 4.90 Å². The lowest BCUT2D eigenvalue weighted by molar-refractivity contribution is 0.142. The summed E-state index contributed by atoms with van der Waals surface area (Å²) >= 11 is 6.08. The standard InChI is InChI=1S/C18H22ClFN2O/c19-15-6-4-7-16(20)14(15)12-21-13-17(18-8-5-11-23-18)22-9-2-1-3-10-22/h4-8,11,17,21H,1-3,9-10,12-13H2. The summed E-state index contributed by atoms with van der Waals surface area (Å²) in [5.41, 5.74) is 0.519. The molecule has 1 N–H and O–H groups in total. The molecule has 1 aromatic carbocycles. The lowest BCUT2D eigenvalue weighted by Gasteiger charge is -2.33. The fourth-order valence-electron chi connectivity index (χ4n) is 3.16. The van der Waals surface area contributed by atoms with Crippen LogP contribution in [0.1, 0.15) is 36.6 Å². The Morgan fingerprint density at radius 2 is 2.00 bits per heavy atom. The quantitative estimate of drug-likeness (QED) is 0.848. The SMILES string of the molecule is Fc1cccc(Cl)c1CNCC(c1ccco1)N1CCCCC1. The molecule has 1 aromatic heterocycles. The van der Waals surface area contributed by atoms with Crippen molar-refractivity contribution in [2.45, 2.75) is 31.8 Å². The summed E-state index contributed by atoms with van der Waals surface area (Å²) in [4.78, 5) is 2.44. The van der Waals surface area contributed by atoms with E-state index in [-0.39, 0.29) is 11.9 Å². The van der Waals surface area contributed by atoms with E-state index in [0.717, 1.165) is 18.8 Å². The van der Waals surface area contributed by atoms with Gasteiger partial charge in [-0.05, 0) is 50.2 Å². The maximum Gasteiger partial charge on any atom is 0.129 e. The number of nitrogens with zero attached hydrogens (tertiary/aromatic N) is 1. The largest absolute Gasteiger partial charge is 0.468 e. The molecule has 3 rings (SSSR count). The maximum atomic E-state index is 13.8. The van der Waals surface area contributed by atoms with E-state index in [2.05, 4.69) is 10.2 Å². The van der Waals surface area contributed by atoms with Crippen molar-refractivity contribution < 1.29 is 8.81 Å². The summed E-state index contributed by atoms with van der Waals surface area (Å²) < 4.78 is 19.5. The Morgan fingerprint density at radius 3 is 2.70 bits per heavy atom. The van der Waals surface area contributed by atoms with Crippen molar-refractivity contribution in [3.8, 4) is 0 Å². The van der Waals surface area contributed by atoms with Gasteiger partial charge < -0.3 is 9.73 Å². The summed E-state index contributed by atoms with van der Waals surface area (Å²) in [5, 5.41) is 3.81. The number of halogens is 2. The average molecular weight is 337 g/mol. The third kappa shape index (κ3) is 4.14. The van der Waals surface area contributed by atoms with Crippen LogP contribution in [0, 0.1) is 5.82 Å². The van der Waals surface area contributed by atoms with Gasteiger partial charge in [-0.1, -0.05) is 24.1 Å². The minimum absolute atomic E-state index is 0.177. The van der Waals surface area contributed by atoms with E-state index in [4.69, 9.17) is 16.0 Å². The molecule has 0 radical (unpaired) electrons. The van der Waals surface area contributed by atoms with Crippen molar-refractivity contribution in [1.82, 2.24) is 10.2 Å². The van der Waals surface area contributed by atoms with E-state index < -0.39 is 0 Å². The van der Waals surface area contributed by atoms with Gasteiger partial charge in [0.15, 0.2) is 0 Å². The zero-order valence-electron chi connectivity index (χ0n) is 13.1. The molecule has 2 heterocycles. The minimum atomic E-state index is -0.266. The summed E-state index contributed by atoms with van der Waals surface area (Å²) in [7, 11) is 0. The number of hydrogen-bond donors (Lipinski definition) is 1. The van der Waals surface area contributed by atoms with Gasteiger partial charge in [-0.2, -0.15) is 0 Å². The molecule has 1 fully saturated rings. The molecule has 1 saturated heterocycles. The molecule has 124 valence electrons. The molecule has 0 saturated carbocycles. The molecule has 0 bridgehead atoms. The highest BCUT2D eigenvalue weighted by Gasteiger charge is 2.24. The molecular weight excluding hydrogens is 315 g/mol. The summed E-state index contributed by atoms with van der Waals surface area (Å²) in [5.74, 6) is 0.691.